The number of rotatable bonds is 6. The quantitative estimate of drug-likeness (QED) is 0.797. The van der Waals surface area contributed by atoms with E-state index in [-0.39, 0.29) is 17.5 Å². The molecular weight excluding hydrogens is 268 g/mol. The van der Waals surface area contributed by atoms with Crippen molar-refractivity contribution < 1.29 is 18.3 Å². The van der Waals surface area contributed by atoms with Gasteiger partial charge in [0.1, 0.15) is 0 Å². The molecule has 1 fully saturated rings. The average Bonchev–Trinajstić information content (AvgIpc) is 2.98. The first-order valence-electron chi connectivity index (χ1n) is 6.47. The zero-order chi connectivity index (χ0) is 13.9. The number of aromatic nitrogens is 1. The second kappa shape index (κ2) is 6.04. The topological polar surface area (TPSA) is 80.6 Å². The fourth-order valence-corrected chi connectivity index (χ4v) is 3.49. The van der Waals surface area contributed by atoms with Crippen LogP contribution in [0.15, 0.2) is 17.2 Å². The van der Waals surface area contributed by atoms with Gasteiger partial charge in [0.25, 0.3) is 0 Å². The maximum Gasteiger partial charge on any atom is 0.242 e. The molecule has 1 atom stereocenters. The maximum absolute atomic E-state index is 12.2. The van der Waals surface area contributed by atoms with Crippen molar-refractivity contribution in [1.82, 2.24) is 9.29 Å². The third kappa shape index (κ3) is 3.36. The molecule has 0 radical (unpaired) electrons. The first-order chi connectivity index (χ1) is 9.06. The molecule has 1 unspecified atom stereocenters. The molecule has 2 heterocycles. The van der Waals surface area contributed by atoms with Crippen LogP contribution in [0.4, 0.5) is 0 Å². The van der Waals surface area contributed by atoms with E-state index in [1.54, 1.807) is 10.8 Å². The molecule has 0 saturated carbocycles. The molecule has 1 aliphatic heterocycles. The van der Waals surface area contributed by atoms with E-state index in [1.165, 1.54) is 6.07 Å². The summed E-state index contributed by atoms with van der Waals surface area (Å²) < 4.78 is 34.0. The average molecular weight is 288 g/mol. The molecule has 6 nitrogen and oxygen atoms in total. The number of hydrogen-bond acceptors (Lipinski definition) is 4. The van der Waals surface area contributed by atoms with E-state index in [0.29, 0.717) is 31.9 Å². The number of aliphatic hydroxyl groups is 1. The lowest BCUT2D eigenvalue weighted by Gasteiger charge is -2.09. The zero-order valence-corrected chi connectivity index (χ0v) is 11.8. The van der Waals surface area contributed by atoms with Gasteiger partial charge in [0.05, 0.1) is 18.1 Å². The summed E-state index contributed by atoms with van der Waals surface area (Å²) in [6, 6.07) is 1.37. The van der Waals surface area contributed by atoms with Crippen LogP contribution < -0.4 is 4.72 Å². The van der Waals surface area contributed by atoms with Crippen molar-refractivity contribution in [2.24, 2.45) is 0 Å². The Hall–Kier alpha value is -0.890. The molecule has 1 aliphatic rings. The van der Waals surface area contributed by atoms with E-state index in [2.05, 4.69) is 4.72 Å². The summed E-state index contributed by atoms with van der Waals surface area (Å²) in [7, 11) is -3.54. The summed E-state index contributed by atoms with van der Waals surface area (Å²) in [6.07, 6.45) is 3.15. The highest BCUT2D eigenvalue weighted by molar-refractivity contribution is 7.89. The fraction of sp³-hybridized carbons (Fsp3) is 0.667. The minimum atomic E-state index is -3.54. The van der Waals surface area contributed by atoms with Crippen LogP contribution in [0.5, 0.6) is 0 Å². The Morgan fingerprint density at radius 2 is 2.37 bits per heavy atom. The third-order valence-corrected chi connectivity index (χ3v) is 4.64. The molecule has 19 heavy (non-hydrogen) atoms. The largest absolute Gasteiger partial charge is 0.390 e. The number of aryl methyl sites for hydroxylation is 1. The van der Waals surface area contributed by atoms with E-state index in [0.717, 1.165) is 6.42 Å². The standard InChI is InChI=1S/C12H20N2O4S/c1-2-4-14-7-12(6-11(14)8-15)19(16,17)13-10-3-5-18-9-10/h6-7,10,13,15H,2-5,8-9H2,1H3. The lowest BCUT2D eigenvalue weighted by molar-refractivity contribution is 0.192. The number of hydrogen-bond donors (Lipinski definition) is 2. The summed E-state index contributed by atoms with van der Waals surface area (Å²) in [5, 5.41) is 9.25. The Balaban J connectivity index is 2.19. The van der Waals surface area contributed by atoms with Crippen LogP contribution in [0.2, 0.25) is 0 Å². The van der Waals surface area contributed by atoms with Gasteiger partial charge >= 0.3 is 0 Å². The van der Waals surface area contributed by atoms with Gasteiger partial charge in [-0.15, -0.1) is 0 Å². The molecular formula is C12H20N2O4S. The highest BCUT2D eigenvalue weighted by atomic mass is 32.2. The van der Waals surface area contributed by atoms with Crippen molar-refractivity contribution in [1.29, 1.82) is 0 Å². The molecule has 7 heteroatoms. The summed E-state index contributed by atoms with van der Waals surface area (Å²) >= 11 is 0. The summed E-state index contributed by atoms with van der Waals surface area (Å²) in [5.74, 6) is 0. The van der Waals surface area contributed by atoms with E-state index in [9.17, 15) is 13.5 Å². The van der Waals surface area contributed by atoms with Crippen LogP contribution in [0.25, 0.3) is 0 Å². The van der Waals surface area contributed by atoms with E-state index in [4.69, 9.17) is 4.74 Å². The Labute approximate surface area is 113 Å². The molecule has 0 amide bonds. The van der Waals surface area contributed by atoms with Crippen LogP contribution in [0.1, 0.15) is 25.5 Å². The number of aliphatic hydroxyl groups excluding tert-OH is 1. The van der Waals surface area contributed by atoms with Gasteiger partial charge < -0.3 is 14.4 Å². The molecule has 1 aromatic rings. The molecule has 0 aliphatic carbocycles. The Kier molecular flexibility index (Phi) is 4.62. The molecule has 108 valence electrons. The van der Waals surface area contributed by atoms with Gasteiger partial charge in [0.2, 0.25) is 10.0 Å². The van der Waals surface area contributed by atoms with Gasteiger partial charge in [-0.25, -0.2) is 13.1 Å². The minimum Gasteiger partial charge on any atom is -0.390 e. The Bertz CT molecular complexity index is 518. The monoisotopic (exact) mass is 288 g/mol. The first kappa shape index (κ1) is 14.5. The van der Waals surface area contributed by atoms with E-state index in [1.807, 2.05) is 6.92 Å². The molecule has 1 aromatic heterocycles. The highest BCUT2D eigenvalue weighted by Gasteiger charge is 2.25. The fourth-order valence-electron chi connectivity index (χ4n) is 2.17. The van der Waals surface area contributed by atoms with Crippen LogP contribution in [0.3, 0.4) is 0 Å². The molecule has 0 aromatic carbocycles. The van der Waals surface area contributed by atoms with Crippen LogP contribution in [-0.2, 0) is 27.9 Å². The Morgan fingerprint density at radius 3 is 2.95 bits per heavy atom. The van der Waals surface area contributed by atoms with Crippen molar-refractivity contribution in [3.8, 4) is 0 Å². The highest BCUT2D eigenvalue weighted by Crippen LogP contribution is 2.17. The zero-order valence-electron chi connectivity index (χ0n) is 11.0. The first-order valence-corrected chi connectivity index (χ1v) is 7.95. The van der Waals surface area contributed by atoms with Crippen molar-refractivity contribution in [2.45, 2.75) is 43.9 Å². The van der Waals surface area contributed by atoms with Gasteiger partial charge in [0.15, 0.2) is 0 Å². The van der Waals surface area contributed by atoms with E-state index >= 15 is 0 Å². The molecule has 0 bridgehead atoms. The minimum absolute atomic E-state index is 0.155. The van der Waals surface area contributed by atoms with Crippen LogP contribution >= 0.6 is 0 Å². The van der Waals surface area contributed by atoms with Gasteiger partial charge in [0, 0.05) is 31.1 Å². The number of nitrogens with zero attached hydrogens (tertiary/aromatic N) is 1. The van der Waals surface area contributed by atoms with Crippen molar-refractivity contribution in [3.05, 3.63) is 18.0 Å². The SMILES string of the molecule is CCCn1cc(S(=O)(=O)NC2CCOC2)cc1CO. The van der Waals surface area contributed by atoms with Crippen molar-refractivity contribution in [3.63, 3.8) is 0 Å². The molecule has 2 rings (SSSR count). The molecule has 0 spiro atoms. The number of nitrogens with one attached hydrogen (secondary N) is 1. The Morgan fingerprint density at radius 1 is 1.58 bits per heavy atom. The van der Waals surface area contributed by atoms with Gasteiger partial charge in [-0.1, -0.05) is 6.92 Å². The third-order valence-electron chi connectivity index (χ3n) is 3.15. The maximum atomic E-state index is 12.2. The lowest BCUT2D eigenvalue weighted by Crippen LogP contribution is -2.34. The van der Waals surface area contributed by atoms with Crippen molar-refractivity contribution in [2.75, 3.05) is 13.2 Å². The predicted molar refractivity (Wildman–Crippen MR) is 70.2 cm³/mol. The number of sulfonamides is 1. The summed E-state index contributed by atoms with van der Waals surface area (Å²) in [4.78, 5) is 0.205. The van der Waals surface area contributed by atoms with Gasteiger partial charge in [-0.2, -0.15) is 0 Å². The van der Waals surface area contributed by atoms with Crippen LogP contribution in [-0.4, -0.2) is 37.3 Å². The van der Waals surface area contributed by atoms with E-state index < -0.39 is 10.0 Å². The second-order valence-corrected chi connectivity index (χ2v) is 6.41. The second-order valence-electron chi connectivity index (χ2n) is 4.70. The summed E-state index contributed by atoms with van der Waals surface area (Å²) in [5.41, 5.74) is 0.616. The lowest BCUT2D eigenvalue weighted by atomic mass is 10.3. The normalized spacial score (nSPS) is 20.0. The number of ether oxygens (including phenoxy) is 1. The van der Waals surface area contributed by atoms with Crippen LogP contribution in [0, 0.1) is 0 Å². The summed E-state index contributed by atoms with van der Waals surface area (Å²) in [6.45, 7) is 3.54. The smallest absolute Gasteiger partial charge is 0.242 e. The van der Waals surface area contributed by atoms with Gasteiger partial charge in [-0.05, 0) is 18.9 Å². The predicted octanol–water partition coefficient (Wildman–Crippen LogP) is 0.458. The molecule has 2 N–H and O–H groups in total. The van der Waals surface area contributed by atoms with Gasteiger partial charge in [-0.3, -0.25) is 0 Å². The van der Waals surface area contributed by atoms with Crippen molar-refractivity contribution >= 4 is 10.0 Å². The molecule has 1 saturated heterocycles.